The summed E-state index contributed by atoms with van der Waals surface area (Å²) in [5.41, 5.74) is 4.77. The predicted molar refractivity (Wildman–Crippen MR) is 304 cm³/mol. The highest BCUT2D eigenvalue weighted by Crippen LogP contribution is 2.34. The third-order valence-electron chi connectivity index (χ3n) is 12.6. The first-order chi connectivity index (χ1) is 37.9. The van der Waals surface area contributed by atoms with E-state index in [1.807, 2.05) is 72.5 Å². The molecule has 17 nitrogen and oxygen atoms in total. The van der Waals surface area contributed by atoms with E-state index in [1.54, 1.807) is 70.3 Å². The Balaban J connectivity index is 0.000000171. The lowest BCUT2D eigenvalue weighted by atomic mass is 10.1. The van der Waals surface area contributed by atoms with Crippen LogP contribution < -0.4 is 14.7 Å². The second-order valence-corrected chi connectivity index (χ2v) is 21.1. The number of aromatic nitrogens is 3. The Kier molecular flexibility index (Phi) is 20.6. The third kappa shape index (κ3) is 15.6. The summed E-state index contributed by atoms with van der Waals surface area (Å²) in [6.07, 6.45) is -0.847. The van der Waals surface area contributed by atoms with Gasteiger partial charge in [-0.25, -0.2) is 38.1 Å². The molecule has 0 radical (unpaired) electrons. The predicted octanol–water partition coefficient (Wildman–Crippen LogP) is 10.9. The molecule has 0 unspecified atom stereocenters. The van der Waals surface area contributed by atoms with Crippen LogP contribution in [0.4, 0.5) is 38.6 Å². The van der Waals surface area contributed by atoms with Crippen molar-refractivity contribution in [3.63, 3.8) is 0 Å². The fraction of sp³-hybridized carbons (Fsp3) is 0.357. The van der Waals surface area contributed by atoms with Crippen LogP contribution in [0.15, 0.2) is 119 Å². The highest BCUT2D eigenvalue weighted by molar-refractivity contribution is 7.14. The van der Waals surface area contributed by atoms with Gasteiger partial charge in [-0.1, -0.05) is 80.6 Å². The molecule has 0 atom stereocenters. The van der Waals surface area contributed by atoms with Crippen molar-refractivity contribution in [3.05, 3.63) is 136 Å². The summed E-state index contributed by atoms with van der Waals surface area (Å²) >= 11 is 4.53. The van der Waals surface area contributed by atoms with E-state index in [9.17, 15) is 28.3 Å². The van der Waals surface area contributed by atoms with Gasteiger partial charge in [0.25, 0.3) is 0 Å². The van der Waals surface area contributed by atoms with Crippen molar-refractivity contribution in [1.29, 1.82) is 0 Å². The van der Waals surface area contributed by atoms with Gasteiger partial charge in [-0.15, -0.1) is 34.0 Å². The standard InChI is InChI=1S/C21H20FN3O2S.C18H22FN3O2S.C17H21N3O4S.H2/c22-18-9-5-4-8-17(18)19-15-28-20(23-19)24-10-12-25(13-11-24)21(26)27-14-16-6-2-1-3-7-16;1-13(2)11-24-18(23)22-9-7-21(8-10-22)17-20-16(12-25-17)14-5-3-4-6-15(14)19;1-23-10-11-24-17(22)20-8-6-19(7-9-20)16-18-14(12-25-16)13-4-2-3-5-15(13)21;/h1-9,15H,10-14H2;3-6,12-13H,7-11H2,1-2H3;2-5,12,21H,6-11H2,1H3;1H. The zero-order chi connectivity index (χ0) is 54.8. The Hall–Kier alpha value is -7.40. The van der Waals surface area contributed by atoms with Crippen LogP contribution >= 0.6 is 34.0 Å². The number of phenolic OH excluding ortho intramolecular Hbond substituents is 1. The molecule has 7 aromatic rings. The summed E-state index contributed by atoms with van der Waals surface area (Å²) < 4.78 is 48.5. The van der Waals surface area contributed by atoms with Crippen molar-refractivity contribution in [2.75, 3.05) is 120 Å². The fourth-order valence-corrected chi connectivity index (χ4v) is 11.0. The lowest BCUT2D eigenvalue weighted by molar-refractivity contribution is 0.0705. The SMILES string of the molecule is CC(C)COC(=O)N1CCN(c2nc(-c3ccccc3F)cs2)CC1.COCCOC(=O)N1CCN(c2nc(-c3ccccc3O)cs2)CC1.O=C(OCc1ccccc1)N1CCN(c2nc(-c3ccccc3F)cs2)CC1.[HH]. The number of amides is 3. The molecular weight excluding hydrogens is 1060 g/mol. The van der Waals surface area contributed by atoms with E-state index in [1.165, 1.54) is 46.1 Å². The zero-order valence-electron chi connectivity index (χ0n) is 43.7. The van der Waals surface area contributed by atoms with E-state index in [0.29, 0.717) is 120 Å². The van der Waals surface area contributed by atoms with Gasteiger partial charge in [-0.3, -0.25) is 0 Å². The summed E-state index contributed by atoms with van der Waals surface area (Å²) in [5, 5.41) is 18.2. The Morgan fingerprint density at radius 1 is 0.526 bits per heavy atom. The molecule has 22 heteroatoms. The van der Waals surface area contributed by atoms with Crippen LogP contribution in [0.3, 0.4) is 0 Å². The van der Waals surface area contributed by atoms with Gasteiger partial charge in [0.2, 0.25) is 0 Å². The normalized spacial score (nSPS) is 14.5. The molecule has 0 saturated carbocycles. The molecule has 3 aromatic heterocycles. The number of rotatable bonds is 13. The van der Waals surface area contributed by atoms with Crippen molar-refractivity contribution in [3.8, 4) is 39.5 Å². The van der Waals surface area contributed by atoms with E-state index < -0.39 is 0 Å². The summed E-state index contributed by atoms with van der Waals surface area (Å²) in [7, 11) is 1.57. The van der Waals surface area contributed by atoms with Crippen LogP contribution in [0.1, 0.15) is 20.8 Å². The molecule has 4 aromatic carbocycles. The molecule has 0 spiro atoms. The van der Waals surface area contributed by atoms with Crippen molar-refractivity contribution in [2.24, 2.45) is 5.92 Å². The van der Waals surface area contributed by atoms with Gasteiger partial charge >= 0.3 is 18.3 Å². The first-order valence-electron chi connectivity index (χ1n) is 25.6. The number of hydrogen-bond donors (Lipinski definition) is 1. The van der Waals surface area contributed by atoms with Crippen molar-refractivity contribution in [2.45, 2.75) is 20.5 Å². The maximum absolute atomic E-state index is 14.0. The molecule has 1 N–H and O–H groups in total. The number of hydrogen-bond acceptors (Lipinski definition) is 17. The minimum atomic E-state index is -0.300. The van der Waals surface area contributed by atoms with E-state index in [-0.39, 0.29) is 50.3 Å². The third-order valence-corrected chi connectivity index (χ3v) is 15.3. The smallest absolute Gasteiger partial charge is 0.410 e. The summed E-state index contributed by atoms with van der Waals surface area (Å²) in [6.45, 7) is 13.1. The second-order valence-electron chi connectivity index (χ2n) is 18.6. The Morgan fingerprint density at radius 2 is 0.910 bits per heavy atom. The number of carbonyl (C=O) groups excluding carboxylic acids is 3. The van der Waals surface area contributed by atoms with E-state index in [0.717, 1.165) is 32.2 Å². The van der Waals surface area contributed by atoms with Gasteiger partial charge < -0.3 is 53.5 Å². The van der Waals surface area contributed by atoms with E-state index >= 15 is 0 Å². The first-order valence-corrected chi connectivity index (χ1v) is 28.3. The Bertz CT molecular complexity index is 3020. The molecular formula is C56H65F2N9O8S3. The van der Waals surface area contributed by atoms with E-state index in [4.69, 9.17) is 18.9 Å². The molecule has 3 amide bonds. The first kappa shape index (κ1) is 56.8. The van der Waals surface area contributed by atoms with Gasteiger partial charge in [0.1, 0.15) is 30.6 Å². The number of benzene rings is 4. The summed E-state index contributed by atoms with van der Waals surface area (Å²) in [4.78, 5) is 61.5. The molecule has 3 saturated heterocycles. The average Bonchev–Trinajstić information content (AvgIpc) is 4.29. The van der Waals surface area contributed by atoms with Crippen LogP contribution in [-0.4, -0.2) is 159 Å². The number of aromatic hydroxyl groups is 1. The number of ether oxygens (including phenoxy) is 4. The molecule has 3 aliphatic rings. The van der Waals surface area contributed by atoms with Gasteiger partial charge in [0, 0.05) is 120 Å². The number of phenols is 1. The number of piperazine rings is 3. The number of thiazole rings is 3. The van der Waals surface area contributed by atoms with Crippen molar-refractivity contribution in [1.82, 2.24) is 29.7 Å². The number of para-hydroxylation sites is 1. The highest BCUT2D eigenvalue weighted by Gasteiger charge is 2.27. The highest BCUT2D eigenvalue weighted by atomic mass is 32.1. The van der Waals surface area contributed by atoms with Gasteiger partial charge in [-0.2, -0.15) is 0 Å². The molecule has 78 heavy (non-hydrogen) atoms. The van der Waals surface area contributed by atoms with Gasteiger partial charge in [-0.05, 0) is 47.9 Å². The summed E-state index contributed by atoms with van der Waals surface area (Å²) in [6, 6.07) is 30.1. The summed E-state index contributed by atoms with van der Waals surface area (Å²) in [5.74, 6) is 0.0164. The Morgan fingerprint density at radius 3 is 1.33 bits per heavy atom. The molecule has 10 rings (SSSR count). The van der Waals surface area contributed by atoms with Crippen molar-refractivity contribution >= 4 is 67.7 Å². The fourth-order valence-electron chi connectivity index (χ4n) is 8.31. The average molecular weight is 1130 g/mol. The maximum Gasteiger partial charge on any atom is 0.410 e. The molecule has 0 aliphatic carbocycles. The monoisotopic (exact) mass is 1130 g/mol. The van der Waals surface area contributed by atoms with Crippen LogP contribution in [0.5, 0.6) is 5.75 Å². The number of methoxy groups -OCH3 is 1. The molecule has 6 heterocycles. The lowest BCUT2D eigenvalue weighted by Gasteiger charge is -2.34. The van der Waals surface area contributed by atoms with Crippen LogP contribution in [-0.2, 0) is 25.6 Å². The maximum atomic E-state index is 14.0. The topological polar surface area (TPSA) is 166 Å². The van der Waals surface area contributed by atoms with Crippen molar-refractivity contribution < 1.29 is 48.6 Å². The largest absolute Gasteiger partial charge is 0.507 e. The van der Waals surface area contributed by atoms with Crippen LogP contribution in [0.2, 0.25) is 0 Å². The Labute approximate surface area is 466 Å². The minimum Gasteiger partial charge on any atom is -0.507 e. The zero-order valence-corrected chi connectivity index (χ0v) is 46.2. The quantitative estimate of drug-likeness (QED) is 0.0856. The van der Waals surface area contributed by atoms with Gasteiger partial charge in [0.15, 0.2) is 15.4 Å². The number of nitrogens with zero attached hydrogens (tertiary/aromatic N) is 9. The molecule has 414 valence electrons. The van der Waals surface area contributed by atoms with Crippen LogP contribution in [0, 0.1) is 17.6 Å². The van der Waals surface area contributed by atoms with Crippen LogP contribution in [0.25, 0.3) is 33.8 Å². The molecule has 0 bridgehead atoms. The van der Waals surface area contributed by atoms with Gasteiger partial charge in [0.05, 0.1) is 30.3 Å². The van der Waals surface area contributed by atoms with E-state index in [2.05, 4.69) is 29.7 Å². The lowest BCUT2D eigenvalue weighted by Crippen LogP contribution is -2.49. The minimum absolute atomic E-state index is 0. The number of halogens is 2. The molecule has 3 fully saturated rings. The number of carbonyl (C=O) groups is 3. The molecule has 3 aliphatic heterocycles. The number of anilines is 3. The second kappa shape index (κ2) is 28.3.